The Morgan fingerprint density at radius 2 is 1.43 bits per heavy atom. The van der Waals surface area contributed by atoms with Gasteiger partial charge >= 0.3 is 6.03 Å². The van der Waals surface area contributed by atoms with Gasteiger partial charge in [-0.2, -0.15) is 0 Å². The first kappa shape index (κ1) is 18.4. The second kappa shape index (κ2) is 6.59. The van der Waals surface area contributed by atoms with Crippen molar-refractivity contribution in [2.45, 2.75) is 25.4 Å². The number of urea groups is 1. The van der Waals surface area contributed by atoms with Crippen LogP contribution < -0.4 is 9.80 Å². The van der Waals surface area contributed by atoms with Gasteiger partial charge in [0.05, 0.1) is 28.5 Å². The van der Waals surface area contributed by atoms with Crippen molar-refractivity contribution < 1.29 is 18.1 Å². The third-order valence-electron chi connectivity index (χ3n) is 5.33. The standard InChI is InChI=1S/C19H19N3O5S/c1-2-13-3-5-14(6-4-13)20-17-11-28(26,27)12-18(17)21(19(20)23)15-7-9-16(10-8-15)22(24)25/h3-10,17-18H,2,11-12H2,1H3. The summed E-state index contributed by atoms with van der Waals surface area (Å²) in [6.45, 7) is 2.03. The predicted octanol–water partition coefficient (Wildman–Crippen LogP) is 2.77. The van der Waals surface area contributed by atoms with E-state index in [1.165, 1.54) is 34.1 Å². The van der Waals surface area contributed by atoms with E-state index in [2.05, 4.69) is 0 Å². The fourth-order valence-electron chi connectivity index (χ4n) is 3.93. The fourth-order valence-corrected chi connectivity index (χ4v) is 5.85. The summed E-state index contributed by atoms with van der Waals surface area (Å²) in [5.74, 6) is -0.216. The average molecular weight is 401 g/mol. The third-order valence-corrected chi connectivity index (χ3v) is 7.03. The molecule has 0 bridgehead atoms. The molecule has 8 nitrogen and oxygen atoms in total. The Morgan fingerprint density at radius 1 is 0.964 bits per heavy atom. The summed E-state index contributed by atoms with van der Waals surface area (Å²) in [6, 6.07) is 11.8. The van der Waals surface area contributed by atoms with Crippen molar-refractivity contribution in [2.75, 3.05) is 21.3 Å². The van der Waals surface area contributed by atoms with Gasteiger partial charge in [-0.05, 0) is 36.2 Å². The molecule has 2 aliphatic heterocycles. The summed E-state index contributed by atoms with van der Waals surface area (Å²) in [5.41, 5.74) is 2.14. The van der Waals surface area contributed by atoms with E-state index in [1.54, 1.807) is 0 Å². The van der Waals surface area contributed by atoms with E-state index in [4.69, 9.17) is 0 Å². The number of hydrogen-bond donors (Lipinski definition) is 0. The summed E-state index contributed by atoms with van der Waals surface area (Å²) < 4.78 is 24.6. The van der Waals surface area contributed by atoms with Crippen LogP contribution in [0.3, 0.4) is 0 Å². The molecule has 0 saturated carbocycles. The van der Waals surface area contributed by atoms with E-state index in [9.17, 15) is 23.3 Å². The number of amides is 2. The molecule has 2 aromatic carbocycles. The van der Waals surface area contributed by atoms with Crippen molar-refractivity contribution in [3.05, 3.63) is 64.2 Å². The highest BCUT2D eigenvalue weighted by Crippen LogP contribution is 2.38. The fraction of sp³-hybridized carbons (Fsp3) is 0.316. The molecular formula is C19H19N3O5S. The van der Waals surface area contributed by atoms with Gasteiger partial charge in [0.1, 0.15) is 0 Å². The molecule has 0 aromatic heterocycles. The Balaban J connectivity index is 1.74. The van der Waals surface area contributed by atoms with Gasteiger partial charge in [-0.15, -0.1) is 0 Å². The summed E-state index contributed by atoms with van der Waals surface area (Å²) in [5, 5.41) is 10.9. The number of aryl methyl sites for hydroxylation is 1. The van der Waals surface area contributed by atoms with Gasteiger partial charge in [0, 0.05) is 23.5 Å². The number of nitro groups is 1. The number of benzene rings is 2. The first-order valence-electron chi connectivity index (χ1n) is 8.97. The molecule has 2 fully saturated rings. The second-order valence-corrected chi connectivity index (χ2v) is 9.18. The molecule has 2 amide bonds. The van der Waals surface area contributed by atoms with Crippen LogP contribution in [-0.4, -0.2) is 43.0 Å². The topological polar surface area (TPSA) is 101 Å². The van der Waals surface area contributed by atoms with Crippen LogP contribution in [0.5, 0.6) is 0 Å². The number of anilines is 2. The molecule has 4 rings (SSSR count). The summed E-state index contributed by atoms with van der Waals surface area (Å²) >= 11 is 0. The molecule has 2 saturated heterocycles. The molecule has 2 aromatic rings. The third kappa shape index (κ3) is 3.01. The maximum absolute atomic E-state index is 13.2. The molecule has 28 heavy (non-hydrogen) atoms. The molecule has 146 valence electrons. The van der Waals surface area contributed by atoms with Crippen LogP contribution in [0.4, 0.5) is 21.9 Å². The SMILES string of the molecule is CCc1ccc(N2C(=O)N(c3ccc([N+](=O)[O-])cc3)C3CS(=O)(=O)CC32)cc1. The van der Waals surface area contributed by atoms with Crippen molar-refractivity contribution in [3.8, 4) is 0 Å². The number of sulfone groups is 1. The second-order valence-electron chi connectivity index (χ2n) is 7.03. The molecule has 0 aliphatic carbocycles. The van der Waals surface area contributed by atoms with Crippen molar-refractivity contribution >= 4 is 32.9 Å². The molecule has 0 radical (unpaired) electrons. The van der Waals surface area contributed by atoms with Crippen LogP contribution in [0.15, 0.2) is 48.5 Å². The lowest BCUT2D eigenvalue weighted by Crippen LogP contribution is -2.37. The minimum absolute atomic E-state index is 0.0852. The number of carbonyl (C=O) groups is 1. The van der Waals surface area contributed by atoms with Crippen molar-refractivity contribution in [2.24, 2.45) is 0 Å². The first-order chi connectivity index (χ1) is 13.3. The summed E-state index contributed by atoms with van der Waals surface area (Å²) in [6.07, 6.45) is 0.865. The lowest BCUT2D eigenvalue weighted by molar-refractivity contribution is -0.384. The van der Waals surface area contributed by atoms with E-state index >= 15 is 0 Å². The highest BCUT2D eigenvalue weighted by atomic mass is 32.2. The van der Waals surface area contributed by atoms with Crippen LogP contribution in [0.2, 0.25) is 0 Å². The van der Waals surface area contributed by atoms with E-state index in [1.807, 2.05) is 31.2 Å². The molecule has 0 N–H and O–H groups in total. The Morgan fingerprint density at radius 3 is 1.86 bits per heavy atom. The summed E-state index contributed by atoms with van der Waals surface area (Å²) in [7, 11) is -3.29. The molecule has 9 heteroatoms. The number of fused-ring (bicyclic) bond motifs is 1. The lowest BCUT2D eigenvalue weighted by Gasteiger charge is -2.22. The van der Waals surface area contributed by atoms with Gasteiger partial charge in [-0.3, -0.25) is 19.9 Å². The van der Waals surface area contributed by atoms with E-state index in [0.717, 1.165) is 12.0 Å². The minimum Gasteiger partial charge on any atom is -0.288 e. The van der Waals surface area contributed by atoms with Crippen molar-refractivity contribution in [1.29, 1.82) is 0 Å². The van der Waals surface area contributed by atoms with E-state index < -0.39 is 26.8 Å². The van der Waals surface area contributed by atoms with E-state index in [-0.39, 0.29) is 23.2 Å². The molecule has 2 unspecified atom stereocenters. The van der Waals surface area contributed by atoms with Crippen molar-refractivity contribution in [1.82, 2.24) is 0 Å². The normalized spacial score (nSPS) is 23.1. The van der Waals surface area contributed by atoms with Crippen LogP contribution in [0, 0.1) is 10.1 Å². The van der Waals surface area contributed by atoms with Crippen LogP contribution >= 0.6 is 0 Å². The highest BCUT2D eigenvalue weighted by Gasteiger charge is 2.54. The van der Waals surface area contributed by atoms with Gasteiger partial charge in [-0.1, -0.05) is 19.1 Å². The number of carbonyl (C=O) groups excluding carboxylic acids is 1. The Labute approximate surface area is 162 Å². The molecule has 2 atom stereocenters. The number of non-ortho nitro benzene ring substituents is 1. The van der Waals surface area contributed by atoms with Gasteiger partial charge < -0.3 is 0 Å². The maximum Gasteiger partial charge on any atom is 0.329 e. The van der Waals surface area contributed by atoms with Crippen LogP contribution in [-0.2, 0) is 16.3 Å². The molecule has 0 spiro atoms. The quantitative estimate of drug-likeness (QED) is 0.445. The molecule has 2 heterocycles. The monoisotopic (exact) mass is 401 g/mol. The highest BCUT2D eigenvalue weighted by molar-refractivity contribution is 7.91. The zero-order valence-corrected chi connectivity index (χ0v) is 16.0. The molecule has 2 aliphatic rings. The Hall–Kier alpha value is -2.94. The van der Waals surface area contributed by atoms with Gasteiger partial charge in [0.15, 0.2) is 9.84 Å². The Kier molecular flexibility index (Phi) is 4.34. The van der Waals surface area contributed by atoms with Gasteiger partial charge in [0.25, 0.3) is 5.69 Å². The number of nitro benzene ring substituents is 1. The molecular weight excluding hydrogens is 382 g/mol. The Bertz CT molecular complexity index is 1030. The smallest absolute Gasteiger partial charge is 0.288 e. The minimum atomic E-state index is -3.29. The summed E-state index contributed by atoms with van der Waals surface area (Å²) in [4.78, 5) is 26.6. The number of nitrogens with zero attached hydrogens (tertiary/aromatic N) is 3. The largest absolute Gasteiger partial charge is 0.329 e. The zero-order chi connectivity index (χ0) is 20.1. The van der Waals surface area contributed by atoms with Crippen LogP contribution in [0.1, 0.15) is 12.5 Å². The number of hydrogen-bond acceptors (Lipinski definition) is 5. The maximum atomic E-state index is 13.2. The number of rotatable bonds is 4. The van der Waals surface area contributed by atoms with E-state index in [0.29, 0.717) is 11.4 Å². The first-order valence-corrected chi connectivity index (χ1v) is 10.8. The van der Waals surface area contributed by atoms with Gasteiger partial charge in [-0.25, -0.2) is 13.2 Å². The predicted molar refractivity (Wildman–Crippen MR) is 106 cm³/mol. The van der Waals surface area contributed by atoms with Gasteiger partial charge in [0.2, 0.25) is 0 Å². The van der Waals surface area contributed by atoms with Crippen LogP contribution in [0.25, 0.3) is 0 Å². The lowest BCUT2D eigenvalue weighted by atomic mass is 10.1. The van der Waals surface area contributed by atoms with Crippen molar-refractivity contribution in [3.63, 3.8) is 0 Å². The average Bonchev–Trinajstić information content (AvgIpc) is 3.10. The zero-order valence-electron chi connectivity index (χ0n) is 15.2.